The number of carbonyl (C=O) groups is 5. The van der Waals surface area contributed by atoms with E-state index in [2.05, 4.69) is 31.9 Å². The molecule has 2 aromatic rings. The molecule has 37 heavy (non-hydrogen) atoms. The van der Waals surface area contributed by atoms with Crippen LogP contribution in [0.3, 0.4) is 0 Å². The first-order valence-corrected chi connectivity index (χ1v) is 13.5. The summed E-state index contributed by atoms with van der Waals surface area (Å²) in [5.74, 6) is -7.70. The third kappa shape index (κ3) is 3.41. The van der Waals surface area contributed by atoms with Gasteiger partial charge >= 0.3 is 5.97 Å². The lowest BCUT2D eigenvalue weighted by atomic mass is 9.52. The van der Waals surface area contributed by atoms with Crippen molar-refractivity contribution in [3.8, 4) is 0 Å². The fourth-order valence-electron chi connectivity index (χ4n) is 6.46. The van der Waals surface area contributed by atoms with Gasteiger partial charge in [-0.3, -0.25) is 29.0 Å². The lowest BCUT2D eigenvalue weighted by Gasteiger charge is -2.46. The predicted octanol–water partition coefficient (Wildman–Crippen LogP) is 3.87. The molecule has 3 aliphatic carbocycles. The number of hydrogen-bond acceptors (Lipinski definition) is 6. The van der Waals surface area contributed by atoms with Crippen LogP contribution in [0.2, 0.25) is 0 Å². The summed E-state index contributed by atoms with van der Waals surface area (Å²) in [4.78, 5) is 70.3. The van der Waals surface area contributed by atoms with E-state index in [4.69, 9.17) is 4.74 Å². The zero-order valence-corrected chi connectivity index (χ0v) is 22.6. The third-order valence-electron chi connectivity index (χ3n) is 7.81. The Kier molecular flexibility index (Phi) is 5.72. The van der Waals surface area contributed by atoms with Crippen LogP contribution >= 0.6 is 31.9 Å². The number of amides is 4. The molecular weight excluding hydrogens is 608 g/mol. The molecule has 0 aromatic heterocycles. The number of halogens is 2. The lowest BCUT2D eigenvalue weighted by molar-refractivity contribution is -0.146. The second-order valence-electron chi connectivity index (χ2n) is 9.53. The number of anilines is 2. The summed E-state index contributed by atoms with van der Waals surface area (Å²) >= 11 is 6.71. The Labute approximate surface area is 228 Å². The van der Waals surface area contributed by atoms with Crippen LogP contribution in [-0.2, 0) is 28.7 Å². The highest BCUT2D eigenvalue weighted by Gasteiger charge is 2.71. The number of rotatable bonds is 4. The molecular formula is C27H20Br2N2O6. The van der Waals surface area contributed by atoms with Crippen molar-refractivity contribution in [2.24, 2.45) is 35.5 Å². The SMILES string of the molecule is CCOC(=O)C1=CC2[C@@H]3C(=O)N(c4ccc(Br)cc4)C(=O)[C@@H]3C1[C@@H]1C(=O)N(c3ccc(Br)cc3)C(=O)[C@@H]21. The van der Waals surface area contributed by atoms with Gasteiger partial charge in [-0.15, -0.1) is 0 Å². The van der Waals surface area contributed by atoms with Gasteiger partial charge in [0.1, 0.15) is 0 Å². The maximum absolute atomic E-state index is 13.8. The number of hydrogen-bond donors (Lipinski definition) is 0. The maximum Gasteiger partial charge on any atom is 0.334 e. The van der Waals surface area contributed by atoms with Gasteiger partial charge in [-0.25, -0.2) is 4.79 Å². The van der Waals surface area contributed by atoms with Gasteiger partial charge in [0.05, 0.1) is 41.7 Å². The van der Waals surface area contributed by atoms with E-state index in [0.29, 0.717) is 11.4 Å². The summed E-state index contributed by atoms with van der Waals surface area (Å²) < 4.78 is 6.85. The molecule has 2 aromatic carbocycles. The second-order valence-corrected chi connectivity index (χ2v) is 11.4. The largest absolute Gasteiger partial charge is 0.463 e. The smallest absolute Gasteiger partial charge is 0.334 e. The molecule has 7 rings (SSSR count). The minimum absolute atomic E-state index is 0.117. The van der Waals surface area contributed by atoms with Gasteiger partial charge in [0.15, 0.2) is 0 Å². The van der Waals surface area contributed by atoms with Gasteiger partial charge in [-0.2, -0.15) is 0 Å². The maximum atomic E-state index is 13.8. The molecule has 10 heteroatoms. The first kappa shape index (κ1) is 24.2. The molecule has 0 radical (unpaired) electrons. The standard InChI is InChI=1S/C27H20Br2N2O6/c1-2-37-27(36)17-11-16-19-21(25(34)30(23(19)32)14-7-3-12(28)4-8-14)18(17)22-20(16)24(33)31(26(22)35)15-9-5-13(29)6-10-15/h3-11,16,18-22H,2H2,1H3/t16?,18?,19-,20-,21-,22+/m0/s1. The summed E-state index contributed by atoms with van der Waals surface area (Å²) in [7, 11) is 0. The molecule has 1 saturated carbocycles. The summed E-state index contributed by atoms with van der Waals surface area (Å²) in [5.41, 5.74) is 1.01. The van der Waals surface area contributed by atoms with Crippen molar-refractivity contribution in [3.63, 3.8) is 0 Å². The highest BCUT2D eigenvalue weighted by molar-refractivity contribution is 9.10. The van der Waals surface area contributed by atoms with E-state index in [9.17, 15) is 24.0 Å². The molecule has 188 valence electrons. The molecule has 8 nitrogen and oxygen atoms in total. The van der Waals surface area contributed by atoms with Crippen LogP contribution < -0.4 is 9.80 Å². The molecule has 2 unspecified atom stereocenters. The van der Waals surface area contributed by atoms with Crippen molar-refractivity contribution in [2.75, 3.05) is 16.4 Å². The van der Waals surface area contributed by atoms with E-state index in [1.54, 1.807) is 61.5 Å². The van der Waals surface area contributed by atoms with Crippen molar-refractivity contribution in [3.05, 3.63) is 69.1 Å². The van der Waals surface area contributed by atoms with Crippen molar-refractivity contribution in [2.45, 2.75) is 6.92 Å². The molecule has 4 amide bonds. The molecule has 2 aliphatic heterocycles. The predicted molar refractivity (Wildman–Crippen MR) is 139 cm³/mol. The molecule has 2 bridgehead atoms. The Morgan fingerprint density at radius 1 is 0.703 bits per heavy atom. The second kappa shape index (κ2) is 8.73. The number of carbonyl (C=O) groups excluding carboxylic acids is 5. The molecule has 2 heterocycles. The van der Waals surface area contributed by atoms with E-state index in [1.807, 2.05) is 0 Å². The van der Waals surface area contributed by atoms with E-state index in [1.165, 1.54) is 0 Å². The average Bonchev–Trinajstić information content (AvgIpc) is 3.32. The number of ether oxygens (including phenoxy) is 1. The van der Waals surface area contributed by atoms with Gasteiger partial charge in [0.2, 0.25) is 23.6 Å². The van der Waals surface area contributed by atoms with Gasteiger partial charge in [0.25, 0.3) is 0 Å². The van der Waals surface area contributed by atoms with Crippen LogP contribution in [0.15, 0.2) is 69.1 Å². The van der Waals surface area contributed by atoms with Gasteiger partial charge in [0, 0.05) is 26.4 Å². The minimum atomic E-state index is -0.937. The third-order valence-corrected chi connectivity index (χ3v) is 8.87. The zero-order valence-electron chi connectivity index (χ0n) is 19.5. The fraction of sp³-hybridized carbons (Fsp3) is 0.296. The first-order valence-electron chi connectivity index (χ1n) is 11.9. The Balaban J connectivity index is 1.46. The van der Waals surface area contributed by atoms with Crippen LogP contribution in [-0.4, -0.2) is 36.2 Å². The van der Waals surface area contributed by atoms with E-state index in [-0.39, 0.29) is 12.2 Å². The van der Waals surface area contributed by atoms with Crippen LogP contribution in [0.4, 0.5) is 11.4 Å². The molecule has 3 fully saturated rings. The summed E-state index contributed by atoms with van der Waals surface area (Å²) in [6.07, 6.45) is 1.61. The molecule has 0 N–H and O–H groups in total. The van der Waals surface area contributed by atoms with E-state index in [0.717, 1.165) is 18.7 Å². The molecule has 2 saturated heterocycles. The van der Waals surface area contributed by atoms with Crippen molar-refractivity contribution < 1.29 is 28.7 Å². The summed E-state index contributed by atoms with van der Waals surface area (Å²) in [5, 5.41) is 0. The quantitative estimate of drug-likeness (QED) is 0.377. The summed E-state index contributed by atoms with van der Waals surface area (Å²) in [6, 6.07) is 13.5. The Morgan fingerprint density at radius 2 is 1.11 bits per heavy atom. The van der Waals surface area contributed by atoms with Gasteiger partial charge < -0.3 is 4.74 Å². The molecule has 0 spiro atoms. The highest BCUT2D eigenvalue weighted by Crippen LogP contribution is 2.61. The number of nitrogens with zero attached hydrogens (tertiary/aromatic N) is 2. The fourth-order valence-corrected chi connectivity index (χ4v) is 6.99. The lowest BCUT2D eigenvalue weighted by Crippen LogP contribution is -2.53. The number of imide groups is 2. The zero-order chi connectivity index (χ0) is 26.2. The minimum Gasteiger partial charge on any atom is -0.463 e. The van der Waals surface area contributed by atoms with Crippen LogP contribution in [0.1, 0.15) is 6.92 Å². The Hall–Kier alpha value is -3.11. The van der Waals surface area contributed by atoms with Crippen molar-refractivity contribution >= 4 is 72.8 Å². The topological polar surface area (TPSA) is 101 Å². The van der Waals surface area contributed by atoms with Crippen molar-refractivity contribution in [1.29, 1.82) is 0 Å². The normalized spacial score (nSPS) is 30.0. The van der Waals surface area contributed by atoms with Gasteiger partial charge in [-0.1, -0.05) is 37.9 Å². The molecule has 5 aliphatic rings. The summed E-state index contributed by atoms with van der Waals surface area (Å²) in [6.45, 7) is 1.79. The Bertz CT molecular complexity index is 1310. The van der Waals surface area contributed by atoms with Crippen LogP contribution in [0, 0.1) is 35.5 Å². The highest BCUT2D eigenvalue weighted by atomic mass is 79.9. The Morgan fingerprint density at radius 3 is 1.51 bits per heavy atom. The van der Waals surface area contributed by atoms with E-state index >= 15 is 0 Å². The number of esters is 1. The monoisotopic (exact) mass is 626 g/mol. The molecule has 6 atom stereocenters. The first-order chi connectivity index (χ1) is 17.7. The van der Waals surface area contributed by atoms with E-state index < -0.39 is 65.1 Å². The number of allylic oxidation sites excluding steroid dienone is 1. The average molecular weight is 628 g/mol. The van der Waals surface area contributed by atoms with Gasteiger partial charge in [-0.05, 0) is 55.5 Å². The number of benzene rings is 2. The van der Waals surface area contributed by atoms with Crippen LogP contribution in [0.5, 0.6) is 0 Å². The van der Waals surface area contributed by atoms with Crippen LogP contribution in [0.25, 0.3) is 0 Å². The van der Waals surface area contributed by atoms with Crippen molar-refractivity contribution in [1.82, 2.24) is 0 Å².